The molecule has 0 radical (unpaired) electrons. The van der Waals surface area contributed by atoms with Crippen LogP contribution in [0.25, 0.3) is 116 Å². The van der Waals surface area contributed by atoms with Gasteiger partial charge in [0.2, 0.25) is 5.78 Å². The molecule has 0 aliphatic carbocycles. The lowest BCUT2D eigenvalue weighted by Gasteiger charge is -2.45. The van der Waals surface area contributed by atoms with Crippen molar-refractivity contribution in [2.75, 3.05) is 0 Å². The minimum absolute atomic E-state index is 0.752. The Balaban J connectivity index is 0.862. The Bertz CT molecular complexity index is 5510. The molecule has 2 aliphatic rings. The third-order valence-electron chi connectivity index (χ3n) is 17.8. The van der Waals surface area contributed by atoms with Gasteiger partial charge in [0.25, 0.3) is 0 Å². The van der Waals surface area contributed by atoms with Crippen LogP contribution in [0.3, 0.4) is 0 Å². The lowest BCUT2D eigenvalue weighted by molar-refractivity contribution is 0.398. The summed E-state index contributed by atoms with van der Waals surface area (Å²) in [6.45, 7) is 0. The molecular formula is C74H44N6O2. The first-order chi connectivity index (χ1) is 40.7. The van der Waals surface area contributed by atoms with Crippen molar-refractivity contribution in [2.24, 2.45) is 0 Å². The third kappa shape index (κ3) is 5.57. The molecule has 0 amide bonds. The maximum Gasteiger partial charge on any atom is 0.220 e. The maximum absolute atomic E-state index is 7.44. The summed E-state index contributed by atoms with van der Waals surface area (Å²) < 4.78 is 26.7. The van der Waals surface area contributed by atoms with Gasteiger partial charge in [-0.05, 0) is 103 Å². The Kier molecular flexibility index (Phi) is 8.57. The van der Waals surface area contributed by atoms with Gasteiger partial charge < -0.3 is 23.2 Å². The number of para-hydroxylation sites is 11. The molecule has 19 rings (SSSR count). The Morgan fingerprint density at radius 2 is 0.683 bits per heavy atom. The van der Waals surface area contributed by atoms with Gasteiger partial charge in [-0.25, -0.2) is 4.98 Å². The number of rotatable bonds is 4. The largest absolute Gasteiger partial charge is 0.454 e. The molecule has 1 unspecified atom stereocenters. The molecule has 1 atom stereocenters. The Morgan fingerprint density at radius 3 is 1.23 bits per heavy atom. The second kappa shape index (κ2) is 16.0. The van der Waals surface area contributed by atoms with Crippen molar-refractivity contribution in [1.29, 1.82) is 0 Å². The van der Waals surface area contributed by atoms with E-state index in [2.05, 4.69) is 290 Å². The van der Waals surface area contributed by atoms with Gasteiger partial charge in [0.15, 0.2) is 11.5 Å². The monoisotopic (exact) mass is 1050 g/mol. The second-order valence-electron chi connectivity index (χ2n) is 21.8. The van der Waals surface area contributed by atoms with Crippen LogP contribution in [0.1, 0.15) is 22.3 Å². The van der Waals surface area contributed by atoms with E-state index in [1.807, 2.05) is 0 Å². The first-order valence-corrected chi connectivity index (χ1v) is 28.0. The van der Waals surface area contributed by atoms with Gasteiger partial charge in [-0.2, -0.15) is 0 Å². The Morgan fingerprint density at radius 1 is 0.280 bits per heavy atom. The van der Waals surface area contributed by atoms with Gasteiger partial charge in [-0.3, -0.25) is 8.97 Å². The van der Waals surface area contributed by atoms with Gasteiger partial charge in [-0.15, -0.1) is 0 Å². The molecule has 8 nitrogen and oxygen atoms in total. The van der Waals surface area contributed by atoms with Crippen molar-refractivity contribution in [1.82, 2.24) is 27.7 Å². The highest BCUT2D eigenvalue weighted by Gasteiger charge is 2.52. The molecule has 82 heavy (non-hydrogen) atoms. The molecule has 7 heterocycles. The molecule has 0 bridgehead atoms. The first kappa shape index (κ1) is 43.8. The van der Waals surface area contributed by atoms with E-state index in [1.165, 1.54) is 32.6 Å². The molecule has 2 aliphatic heterocycles. The van der Waals surface area contributed by atoms with Crippen LogP contribution in [-0.4, -0.2) is 27.7 Å². The van der Waals surface area contributed by atoms with Crippen molar-refractivity contribution in [3.05, 3.63) is 289 Å². The van der Waals surface area contributed by atoms with E-state index in [4.69, 9.17) is 14.5 Å². The van der Waals surface area contributed by atoms with Crippen LogP contribution in [0.4, 0.5) is 0 Å². The summed E-state index contributed by atoms with van der Waals surface area (Å²) in [6.07, 6.45) is 0. The Labute approximate surface area is 468 Å². The van der Waals surface area contributed by atoms with E-state index in [0.717, 1.165) is 129 Å². The van der Waals surface area contributed by atoms with Crippen LogP contribution in [0, 0.1) is 0 Å². The molecule has 8 heteroatoms. The summed E-state index contributed by atoms with van der Waals surface area (Å²) in [5.41, 5.74) is 18.1. The third-order valence-corrected chi connectivity index (χ3v) is 17.8. The molecule has 0 saturated heterocycles. The molecular weight excluding hydrogens is 1000 g/mol. The van der Waals surface area contributed by atoms with Crippen molar-refractivity contribution < 1.29 is 9.47 Å². The fourth-order valence-electron chi connectivity index (χ4n) is 14.6. The average Bonchev–Trinajstić information content (AvgIpc) is 1.08. The maximum atomic E-state index is 7.44. The topological polar surface area (TPSA) is 55.5 Å². The number of aromatic nitrogens is 6. The van der Waals surface area contributed by atoms with E-state index in [-0.39, 0.29) is 0 Å². The summed E-state index contributed by atoms with van der Waals surface area (Å²) in [5.74, 6) is 3.90. The summed E-state index contributed by atoms with van der Waals surface area (Å²) in [7, 11) is 0. The zero-order valence-corrected chi connectivity index (χ0v) is 43.9. The fraction of sp³-hybridized carbons (Fsp3) is 0.0135. The van der Waals surface area contributed by atoms with Crippen LogP contribution in [0.2, 0.25) is 0 Å². The van der Waals surface area contributed by atoms with Gasteiger partial charge in [0.1, 0.15) is 11.5 Å². The molecule has 12 aromatic carbocycles. The molecule has 17 aromatic rings. The van der Waals surface area contributed by atoms with E-state index >= 15 is 0 Å². The second-order valence-corrected chi connectivity index (χ2v) is 21.8. The van der Waals surface area contributed by atoms with Gasteiger partial charge >= 0.3 is 0 Å². The van der Waals surface area contributed by atoms with Crippen LogP contribution in [0.15, 0.2) is 267 Å². The van der Waals surface area contributed by atoms with Crippen molar-refractivity contribution in [2.45, 2.75) is 5.41 Å². The fourth-order valence-corrected chi connectivity index (χ4v) is 14.6. The van der Waals surface area contributed by atoms with Crippen LogP contribution < -0.4 is 9.47 Å². The summed E-state index contributed by atoms with van der Waals surface area (Å²) in [5, 5.41) is 7.24. The number of ether oxygens (including phenoxy) is 2. The minimum Gasteiger partial charge on any atom is -0.454 e. The van der Waals surface area contributed by atoms with E-state index in [1.54, 1.807) is 0 Å². The van der Waals surface area contributed by atoms with Gasteiger partial charge in [0.05, 0.1) is 72.0 Å². The predicted molar refractivity (Wildman–Crippen MR) is 331 cm³/mol. The number of imidazole rings is 2. The summed E-state index contributed by atoms with van der Waals surface area (Å²) in [4.78, 5) is 5.47. The highest BCUT2D eigenvalue weighted by Crippen LogP contribution is 2.63. The lowest BCUT2D eigenvalue weighted by Crippen LogP contribution is -2.37. The number of benzene rings is 12. The predicted octanol–water partition coefficient (Wildman–Crippen LogP) is 18.3. The molecule has 0 fully saturated rings. The molecule has 382 valence electrons. The molecule has 0 N–H and O–H groups in total. The lowest BCUT2D eigenvalue weighted by atomic mass is 9.62. The van der Waals surface area contributed by atoms with Crippen molar-refractivity contribution in [3.8, 4) is 45.7 Å². The smallest absolute Gasteiger partial charge is 0.220 e. The number of nitrogens with zero attached hydrogens (tertiary/aromatic N) is 6. The van der Waals surface area contributed by atoms with E-state index in [9.17, 15) is 0 Å². The van der Waals surface area contributed by atoms with E-state index < -0.39 is 5.41 Å². The molecule has 1 spiro atoms. The molecule has 5 aromatic heterocycles. The minimum atomic E-state index is -0.897. The van der Waals surface area contributed by atoms with Crippen LogP contribution in [-0.2, 0) is 5.41 Å². The SMILES string of the molecule is c1ccc2c(c1)Oc1c(-n3c4ccccc4c4cc(-n5c6ccccc6c6ccccc65)ccc43)cccc1C21c2ccccc2Oc2c(-n3c4ccc(-n5c6ccccc6c6ccccc65)cc4n4c5ccccc5nc34)cccc21. The van der Waals surface area contributed by atoms with Gasteiger partial charge in [0, 0.05) is 65.9 Å². The summed E-state index contributed by atoms with van der Waals surface area (Å²) in [6, 6.07) is 96.2. The Hall–Kier alpha value is -11.1. The van der Waals surface area contributed by atoms with Gasteiger partial charge in [-0.1, -0.05) is 164 Å². The summed E-state index contributed by atoms with van der Waals surface area (Å²) >= 11 is 0. The zero-order valence-electron chi connectivity index (χ0n) is 43.9. The van der Waals surface area contributed by atoms with Crippen molar-refractivity contribution >= 4 is 93.3 Å². The van der Waals surface area contributed by atoms with Crippen molar-refractivity contribution in [3.63, 3.8) is 0 Å². The van der Waals surface area contributed by atoms with Crippen LogP contribution >= 0.6 is 0 Å². The number of hydrogen-bond acceptors (Lipinski definition) is 3. The van der Waals surface area contributed by atoms with E-state index in [0.29, 0.717) is 0 Å². The standard InChI is InChI=1S/C74H44N6O2/c1-9-29-58-47(19-1)48-20-2-10-30-59(48)76(58)45-39-41-63-52(43-45)51-23-5-13-33-62(51)78(63)66-35-17-26-55-71(66)81-69-37-15-6-24-53(69)74(55)54-25-7-16-38-70(54)82-72-56(74)27-18-36-67(72)80-65-42-40-46(44-68(65)79-64-34-14-8-28-57(64)75-73(79)80)77-60-31-11-3-21-49(60)50-22-4-12-32-61(50)77/h1-44H. The highest BCUT2D eigenvalue weighted by molar-refractivity contribution is 6.13. The average molecular weight is 1050 g/mol. The normalized spacial score (nSPS) is 14.6. The highest BCUT2D eigenvalue weighted by atomic mass is 16.5. The van der Waals surface area contributed by atoms with Crippen LogP contribution in [0.5, 0.6) is 23.0 Å². The quantitative estimate of drug-likeness (QED) is 0.176. The zero-order chi connectivity index (χ0) is 53.4. The molecule has 0 saturated carbocycles. The first-order valence-electron chi connectivity index (χ1n) is 28.0. The number of hydrogen-bond donors (Lipinski definition) is 0. The number of fused-ring (bicyclic) bond motifs is 22.